The molecule has 4 unspecified atom stereocenters. The SMILES string of the molecule is CCC[C@H]1c2ccccc2C[NH2+]N1C(=O)/C=C/C1CC(Cc2cnc(N)nc2N)CC(OC)C1OC. The van der Waals surface area contributed by atoms with Crippen molar-refractivity contribution in [1.29, 1.82) is 0 Å². The third-order valence-corrected chi connectivity index (χ3v) is 7.52. The number of ether oxygens (including phenoxy) is 2. The van der Waals surface area contributed by atoms with Crippen LogP contribution in [-0.4, -0.2) is 47.3 Å². The number of aromatic nitrogens is 2. The molecule has 2 heterocycles. The minimum absolute atomic E-state index is 0.00470. The Morgan fingerprint density at radius 1 is 1.22 bits per heavy atom. The third-order valence-electron chi connectivity index (χ3n) is 7.52. The van der Waals surface area contributed by atoms with E-state index in [9.17, 15) is 4.79 Å². The molecule has 1 aromatic carbocycles. The number of carbonyl (C=O) groups is 1. The van der Waals surface area contributed by atoms with E-state index in [4.69, 9.17) is 20.9 Å². The number of carbonyl (C=O) groups excluding carboxylic acids is 1. The lowest BCUT2D eigenvalue weighted by Gasteiger charge is -2.39. The second kappa shape index (κ2) is 11.8. The molecular formula is C27H39N6O3+. The van der Waals surface area contributed by atoms with Gasteiger partial charge in [0.25, 0.3) is 5.91 Å². The molecule has 5 atom stereocenters. The number of hydrogen-bond acceptors (Lipinski definition) is 7. The van der Waals surface area contributed by atoms with E-state index in [1.165, 1.54) is 11.1 Å². The number of quaternary nitrogens is 1. The van der Waals surface area contributed by atoms with E-state index in [1.54, 1.807) is 26.5 Å². The highest BCUT2D eigenvalue weighted by molar-refractivity contribution is 5.87. The number of benzene rings is 1. The van der Waals surface area contributed by atoms with E-state index in [1.807, 2.05) is 16.5 Å². The summed E-state index contributed by atoms with van der Waals surface area (Å²) in [6, 6.07) is 8.49. The first-order valence-electron chi connectivity index (χ1n) is 12.8. The number of fused-ring (bicyclic) bond motifs is 1. The molecule has 36 heavy (non-hydrogen) atoms. The zero-order chi connectivity index (χ0) is 25.7. The van der Waals surface area contributed by atoms with Crippen LogP contribution in [0.15, 0.2) is 42.6 Å². The Morgan fingerprint density at radius 2 is 2.03 bits per heavy atom. The van der Waals surface area contributed by atoms with Gasteiger partial charge in [0.15, 0.2) is 0 Å². The van der Waals surface area contributed by atoms with Crippen LogP contribution < -0.4 is 16.9 Å². The number of nitrogens with zero attached hydrogens (tertiary/aromatic N) is 3. The van der Waals surface area contributed by atoms with Gasteiger partial charge >= 0.3 is 0 Å². The lowest BCUT2D eigenvalue weighted by Crippen LogP contribution is -2.95. The molecule has 6 N–H and O–H groups in total. The Labute approximate surface area is 213 Å². The maximum Gasteiger partial charge on any atom is 0.291 e. The molecule has 0 saturated heterocycles. The van der Waals surface area contributed by atoms with Crippen LogP contribution in [0, 0.1) is 11.8 Å². The summed E-state index contributed by atoms with van der Waals surface area (Å²) in [5.41, 5.74) is 17.2. The molecule has 1 fully saturated rings. The van der Waals surface area contributed by atoms with Crippen LogP contribution in [0.3, 0.4) is 0 Å². The van der Waals surface area contributed by atoms with Crippen molar-refractivity contribution in [1.82, 2.24) is 15.0 Å². The van der Waals surface area contributed by atoms with Gasteiger partial charge in [-0.3, -0.25) is 4.79 Å². The minimum atomic E-state index is -0.132. The van der Waals surface area contributed by atoms with Crippen LogP contribution in [0.4, 0.5) is 11.8 Å². The standard InChI is InChI=1S/C27H38N6O3/c1-4-7-22-21-9-6-5-8-19(21)16-31-33(22)24(34)11-10-18-12-17(14-23(35-2)25(18)36-3)13-20-15-30-27(29)32-26(20)28/h5-6,8-11,15,17-18,22-23,25,31H,4,7,12-14,16H2,1-3H3,(H4,28,29,30,32)/p+1/b11-10+/t17?,18?,22-,23?,25?/m0/s1. The Hall–Kier alpha value is -3.01. The fourth-order valence-corrected chi connectivity index (χ4v) is 5.79. The number of amides is 1. The number of nitrogens with two attached hydrogens (primary N) is 3. The molecule has 1 aliphatic heterocycles. The fraction of sp³-hybridized carbons (Fsp3) is 0.519. The summed E-state index contributed by atoms with van der Waals surface area (Å²) in [6.45, 7) is 2.92. The second-order valence-electron chi connectivity index (χ2n) is 9.81. The molecule has 2 aromatic rings. The zero-order valence-electron chi connectivity index (χ0n) is 21.5. The van der Waals surface area contributed by atoms with E-state index in [-0.39, 0.29) is 41.9 Å². The Morgan fingerprint density at radius 3 is 2.75 bits per heavy atom. The van der Waals surface area contributed by atoms with Gasteiger partial charge in [0.05, 0.1) is 12.2 Å². The molecule has 1 aliphatic carbocycles. The van der Waals surface area contributed by atoms with E-state index in [0.717, 1.165) is 44.2 Å². The van der Waals surface area contributed by atoms with Crippen molar-refractivity contribution in [2.75, 3.05) is 25.7 Å². The monoisotopic (exact) mass is 495 g/mol. The normalized spacial score (nSPS) is 26.2. The van der Waals surface area contributed by atoms with Gasteiger partial charge in [0, 0.05) is 43.5 Å². The van der Waals surface area contributed by atoms with Gasteiger partial charge in [-0.2, -0.15) is 9.99 Å². The van der Waals surface area contributed by atoms with E-state index < -0.39 is 0 Å². The van der Waals surface area contributed by atoms with Crippen LogP contribution in [0.2, 0.25) is 0 Å². The van der Waals surface area contributed by atoms with Crippen molar-refractivity contribution in [3.63, 3.8) is 0 Å². The summed E-state index contributed by atoms with van der Waals surface area (Å²) >= 11 is 0. The Balaban J connectivity index is 1.51. The third kappa shape index (κ3) is 5.69. The number of methoxy groups -OCH3 is 2. The zero-order valence-corrected chi connectivity index (χ0v) is 21.5. The number of rotatable bonds is 8. The molecule has 194 valence electrons. The second-order valence-corrected chi connectivity index (χ2v) is 9.81. The number of anilines is 2. The molecule has 1 amide bonds. The van der Waals surface area contributed by atoms with Crippen LogP contribution in [-0.2, 0) is 27.2 Å². The van der Waals surface area contributed by atoms with E-state index >= 15 is 0 Å². The van der Waals surface area contributed by atoms with Crippen LogP contribution in [0.5, 0.6) is 0 Å². The molecule has 4 rings (SSSR count). The summed E-state index contributed by atoms with van der Waals surface area (Å²) in [7, 11) is 3.42. The summed E-state index contributed by atoms with van der Waals surface area (Å²) in [5, 5.41) is 1.91. The summed E-state index contributed by atoms with van der Waals surface area (Å²) in [5.74, 6) is 0.898. The Kier molecular flexibility index (Phi) is 8.56. The first-order valence-corrected chi connectivity index (χ1v) is 12.8. The molecular weight excluding hydrogens is 456 g/mol. The predicted octanol–water partition coefficient (Wildman–Crippen LogP) is 2.16. The van der Waals surface area contributed by atoms with Crippen molar-refractivity contribution in [3.8, 4) is 0 Å². The summed E-state index contributed by atoms with van der Waals surface area (Å²) < 4.78 is 11.7. The molecule has 9 heteroatoms. The highest BCUT2D eigenvalue weighted by atomic mass is 16.5. The van der Waals surface area contributed by atoms with Crippen molar-refractivity contribution >= 4 is 17.7 Å². The number of hydrogen-bond donors (Lipinski definition) is 3. The molecule has 1 saturated carbocycles. The van der Waals surface area contributed by atoms with Gasteiger partial charge in [-0.25, -0.2) is 10.4 Å². The van der Waals surface area contributed by atoms with Crippen molar-refractivity contribution in [3.05, 3.63) is 59.3 Å². The Bertz CT molecular complexity index is 1080. The molecule has 0 bridgehead atoms. The van der Waals surface area contributed by atoms with Gasteiger partial charge in [-0.1, -0.05) is 43.7 Å². The maximum absolute atomic E-state index is 13.4. The fourth-order valence-electron chi connectivity index (χ4n) is 5.79. The van der Waals surface area contributed by atoms with Crippen LogP contribution in [0.25, 0.3) is 0 Å². The van der Waals surface area contributed by atoms with Gasteiger partial charge in [-0.05, 0) is 37.2 Å². The predicted molar refractivity (Wildman–Crippen MR) is 138 cm³/mol. The van der Waals surface area contributed by atoms with Crippen molar-refractivity contribution < 1.29 is 19.7 Å². The highest BCUT2D eigenvalue weighted by Crippen LogP contribution is 2.36. The van der Waals surface area contributed by atoms with Crippen LogP contribution in [0.1, 0.15) is 55.3 Å². The van der Waals surface area contributed by atoms with E-state index in [0.29, 0.717) is 5.82 Å². The van der Waals surface area contributed by atoms with Gasteiger partial charge in [0.2, 0.25) is 5.95 Å². The first-order chi connectivity index (χ1) is 17.4. The summed E-state index contributed by atoms with van der Waals surface area (Å²) in [4.78, 5) is 21.6. The maximum atomic E-state index is 13.4. The molecule has 0 spiro atoms. The van der Waals surface area contributed by atoms with Crippen molar-refractivity contribution in [2.24, 2.45) is 11.8 Å². The van der Waals surface area contributed by atoms with Gasteiger partial charge < -0.3 is 20.9 Å². The van der Waals surface area contributed by atoms with Gasteiger partial charge in [0.1, 0.15) is 18.4 Å². The molecule has 0 radical (unpaired) electrons. The lowest BCUT2D eigenvalue weighted by atomic mass is 9.75. The molecule has 9 nitrogen and oxygen atoms in total. The lowest BCUT2D eigenvalue weighted by molar-refractivity contribution is -0.811. The van der Waals surface area contributed by atoms with Gasteiger partial charge in [-0.15, -0.1) is 0 Å². The minimum Gasteiger partial charge on any atom is -0.383 e. The number of nitrogen functional groups attached to an aromatic ring is 2. The topological polar surface area (TPSA) is 133 Å². The molecule has 1 aromatic heterocycles. The van der Waals surface area contributed by atoms with E-state index in [2.05, 4.69) is 41.2 Å². The average molecular weight is 496 g/mol. The quantitative estimate of drug-likeness (QED) is 0.290. The summed E-state index contributed by atoms with van der Waals surface area (Å²) in [6.07, 6.45) is 9.53. The largest absolute Gasteiger partial charge is 0.383 e. The average Bonchev–Trinajstić information content (AvgIpc) is 2.88. The van der Waals surface area contributed by atoms with Crippen LogP contribution >= 0.6 is 0 Å². The smallest absolute Gasteiger partial charge is 0.291 e. The molecule has 2 aliphatic rings. The first kappa shape index (κ1) is 26.1. The van der Waals surface area contributed by atoms with Crippen molar-refractivity contribution in [2.45, 2.75) is 63.8 Å². The highest BCUT2D eigenvalue weighted by Gasteiger charge is 2.38.